The molecule has 0 spiro atoms. The zero-order valence-corrected chi connectivity index (χ0v) is 9.22. The molecule has 2 aliphatic rings. The molecule has 2 heterocycles. The molecule has 5 heteroatoms. The van der Waals surface area contributed by atoms with Gasteiger partial charge in [0, 0.05) is 31.8 Å². The largest absolute Gasteiger partial charge is 0.381 e. The van der Waals surface area contributed by atoms with Gasteiger partial charge < -0.3 is 9.64 Å². The van der Waals surface area contributed by atoms with E-state index in [0.29, 0.717) is 23.8 Å². The van der Waals surface area contributed by atoms with Gasteiger partial charge in [0.05, 0.1) is 6.10 Å². The maximum Gasteiger partial charge on any atom is 0.272 e. The molecule has 1 aromatic heterocycles. The Kier molecular flexibility index (Phi) is 2.21. The van der Waals surface area contributed by atoms with Crippen LogP contribution < -0.4 is 0 Å². The van der Waals surface area contributed by atoms with E-state index in [2.05, 4.69) is 10.2 Å². The number of aromatic amines is 1. The fourth-order valence-corrected chi connectivity index (χ4v) is 2.97. The van der Waals surface area contributed by atoms with Crippen LogP contribution in [0, 0.1) is 5.92 Å². The number of rotatable bonds is 2. The Hall–Kier alpha value is -1.36. The smallest absolute Gasteiger partial charge is 0.272 e. The lowest BCUT2D eigenvalue weighted by atomic mass is 10.1. The number of hydrogen-bond acceptors (Lipinski definition) is 3. The fourth-order valence-electron chi connectivity index (χ4n) is 2.97. The molecule has 1 aromatic rings. The quantitative estimate of drug-likeness (QED) is 0.798. The van der Waals surface area contributed by atoms with Crippen LogP contribution >= 0.6 is 0 Å². The van der Waals surface area contributed by atoms with Gasteiger partial charge in [-0.3, -0.25) is 9.89 Å². The number of nitrogens with zero attached hydrogens (tertiary/aromatic N) is 2. The third-order valence-corrected chi connectivity index (χ3v) is 3.77. The van der Waals surface area contributed by atoms with Crippen LogP contribution in [0.1, 0.15) is 23.3 Å². The van der Waals surface area contributed by atoms with Crippen molar-refractivity contribution in [1.29, 1.82) is 0 Å². The minimum atomic E-state index is 0.0690. The van der Waals surface area contributed by atoms with E-state index in [4.69, 9.17) is 4.74 Å². The molecule has 0 radical (unpaired) electrons. The van der Waals surface area contributed by atoms with Crippen molar-refractivity contribution in [3.8, 4) is 0 Å². The topological polar surface area (TPSA) is 58.2 Å². The number of aromatic nitrogens is 2. The first kappa shape index (κ1) is 9.84. The van der Waals surface area contributed by atoms with Crippen molar-refractivity contribution in [2.45, 2.75) is 25.0 Å². The number of nitrogens with one attached hydrogen (secondary N) is 1. The van der Waals surface area contributed by atoms with Gasteiger partial charge >= 0.3 is 0 Å². The molecule has 2 fully saturated rings. The molecule has 16 heavy (non-hydrogen) atoms. The monoisotopic (exact) mass is 221 g/mol. The molecule has 0 aromatic carbocycles. The van der Waals surface area contributed by atoms with Gasteiger partial charge in [0.25, 0.3) is 5.91 Å². The third kappa shape index (κ3) is 1.35. The average Bonchev–Trinajstić information content (AvgIpc) is 3.02. The van der Waals surface area contributed by atoms with Crippen molar-refractivity contribution in [3.05, 3.63) is 18.0 Å². The first-order valence-electron chi connectivity index (χ1n) is 5.62. The van der Waals surface area contributed by atoms with Gasteiger partial charge in [-0.2, -0.15) is 5.10 Å². The molecule has 1 N–H and O–H groups in total. The van der Waals surface area contributed by atoms with Crippen molar-refractivity contribution in [2.24, 2.45) is 5.92 Å². The maximum atomic E-state index is 12.1. The summed E-state index contributed by atoms with van der Waals surface area (Å²) in [5.74, 6) is 0.585. The molecule has 3 unspecified atom stereocenters. The first-order valence-corrected chi connectivity index (χ1v) is 5.62. The summed E-state index contributed by atoms with van der Waals surface area (Å²) in [5, 5.41) is 6.54. The zero-order valence-electron chi connectivity index (χ0n) is 9.22. The van der Waals surface area contributed by atoms with Crippen molar-refractivity contribution in [3.63, 3.8) is 0 Å². The van der Waals surface area contributed by atoms with E-state index in [1.54, 1.807) is 19.4 Å². The summed E-state index contributed by atoms with van der Waals surface area (Å²) in [6, 6.07) is 2.08. The Balaban J connectivity index is 1.74. The van der Waals surface area contributed by atoms with Gasteiger partial charge in [-0.1, -0.05) is 0 Å². The van der Waals surface area contributed by atoms with Crippen LogP contribution in [0.2, 0.25) is 0 Å². The summed E-state index contributed by atoms with van der Waals surface area (Å²) in [6.07, 6.45) is 4.01. The Morgan fingerprint density at radius 3 is 3.06 bits per heavy atom. The number of piperidine rings is 1. The van der Waals surface area contributed by atoms with Crippen LogP contribution in [0.3, 0.4) is 0 Å². The maximum absolute atomic E-state index is 12.1. The number of carbonyl (C=O) groups is 1. The third-order valence-electron chi connectivity index (χ3n) is 3.77. The normalized spacial score (nSPS) is 32.3. The predicted molar refractivity (Wildman–Crippen MR) is 56.9 cm³/mol. The molecule has 1 amide bonds. The van der Waals surface area contributed by atoms with Crippen LogP contribution in [0.5, 0.6) is 0 Å². The van der Waals surface area contributed by atoms with Crippen LogP contribution in [0.15, 0.2) is 12.3 Å². The van der Waals surface area contributed by atoms with Gasteiger partial charge in [-0.15, -0.1) is 0 Å². The molecular weight excluding hydrogens is 206 g/mol. The van der Waals surface area contributed by atoms with Gasteiger partial charge in [0.2, 0.25) is 0 Å². The zero-order chi connectivity index (χ0) is 11.1. The lowest BCUT2D eigenvalue weighted by Crippen LogP contribution is -2.42. The molecule has 3 rings (SSSR count). The lowest BCUT2D eigenvalue weighted by molar-refractivity contribution is 0.0292. The van der Waals surface area contributed by atoms with E-state index in [1.807, 2.05) is 4.90 Å². The van der Waals surface area contributed by atoms with E-state index in [9.17, 15) is 4.79 Å². The number of hydrogen-bond donors (Lipinski definition) is 1. The van der Waals surface area contributed by atoms with E-state index in [1.165, 1.54) is 0 Å². The fraction of sp³-hybridized carbons (Fsp3) is 0.636. The minimum absolute atomic E-state index is 0.0690. The second-order valence-corrected chi connectivity index (χ2v) is 4.59. The standard InChI is InChI=1S/C11H15N3O2/c1-16-10-5-8-4-7(10)6-14(8)11(15)9-2-3-12-13-9/h2-3,7-8,10H,4-6H2,1H3,(H,12,13). The van der Waals surface area contributed by atoms with Crippen molar-refractivity contribution in [2.75, 3.05) is 13.7 Å². The second-order valence-electron chi connectivity index (χ2n) is 4.59. The molecular formula is C11H15N3O2. The first-order chi connectivity index (χ1) is 7.79. The van der Waals surface area contributed by atoms with Gasteiger partial charge in [0.15, 0.2) is 0 Å². The highest BCUT2D eigenvalue weighted by Crippen LogP contribution is 2.39. The Bertz CT molecular complexity index is 390. The van der Waals surface area contributed by atoms with E-state index in [0.717, 1.165) is 19.4 Å². The Labute approximate surface area is 93.8 Å². The van der Waals surface area contributed by atoms with Crippen molar-refractivity contribution < 1.29 is 9.53 Å². The molecule has 1 saturated carbocycles. The molecule has 1 aliphatic heterocycles. The number of carbonyl (C=O) groups excluding carboxylic acids is 1. The van der Waals surface area contributed by atoms with Gasteiger partial charge in [-0.05, 0) is 18.9 Å². The summed E-state index contributed by atoms with van der Waals surface area (Å²) in [4.78, 5) is 14.1. The number of H-pyrrole nitrogens is 1. The molecule has 5 nitrogen and oxygen atoms in total. The van der Waals surface area contributed by atoms with Crippen LogP contribution in [0.25, 0.3) is 0 Å². The summed E-state index contributed by atoms with van der Waals surface area (Å²) in [6.45, 7) is 0.820. The molecule has 1 saturated heterocycles. The highest BCUT2D eigenvalue weighted by Gasteiger charge is 2.46. The van der Waals surface area contributed by atoms with E-state index >= 15 is 0 Å². The van der Waals surface area contributed by atoms with Crippen molar-refractivity contribution in [1.82, 2.24) is 15.1 Å². The average molecular weight is 221 g/mol. The molecule has 86 valence electrons. The number of fused-ring (bicyclic) bond motifs is 2. The molecule has 3 atom stereocenters. The lowest BCUT2D eigenvalue weighted by Gasteiger charge is -2.30. The Morgan fingerprint density at radius 2 is 2.50 bits per heavy atom. The number of ether oxygens (including phenoxy) is 1. The van der Waals surface area contributed by atoms with Crippen LogP contribution in [0.4, 0.5) is 0 Å². The number of methoxy groups -OCH3 is 1. The summed E-state index contributed by atoms with van der Waals surface area (Å²) in [7, 11) is 1.76. The highest BCUT2D eigenvalue weighted by atomic mass is 16.5. The van der Waals surface area contributed by atoms with Crippen molar-refractivity contribution >= 4 is 5.91 Å². The second kappa shape index (κ2) is 3.59. The van der Waals surface area contributed by atoms with Gasteiger partial charge in [0.1, 0.15) is 5.69 Å². The summed E-state index contributed by atoms with van der Waals surface area (Å²) >= 11 is 0. The Morgan fingerprint density at radius 1 is 1.62 bits per heavy atom. The number of amides is 1. The van der Waals surface area contributed by atoms with E-state index < -0.39 is 0 Å². The predicted octanol–water partition coefficient (Wildman–Crippen LogP) is 0.659. The van der Waals surface area contributed by atoms with Gasteiger partial charge in [-0.25, -0.2) is 0 Å². The van der Waals surface area contributed by atoms with Crippen LogP contribution in [-0.4, -0.2) is 46.8 Å². The summed E-state index contributed by atoms with van der Waals surface area (Å²) in [5.41, 5.74) is 0.585. The van der Waals surface area contributed by atoms with Crippen LogP contribution in [-0.2, 0) is 4.74 Å². The highest BCUT2D eigenvalue weighted by molar-refractivity contribution is 5.92. The SMILES string of the molecule is COC1CC2CC1CN2C(=O)c1ccn[nH]1. The molecule has 1 aliphatic carbocycles. The number of likely N-dealkylation sites (tertiary alicyclic amines) is 1. The van der Waals surface area contributed by atoms with E-state index in [-0.39, 0.29) is 5.91 Å². The summed E-state index contributed by atoms with van der Waals surface area (Å²) < 4.78 is 5.41. The minimum Gasteiger partial charge on any atom is -0.381 e. The molecule has 2 bridgehead atoms.